The Kier molecular flexibility index (Phi) is 4.54. The van der Waals surface area contributed by atoms with Gasteiger partial charge in [0.15, 0.2) is 0 Å². The predicted octanol–water partition coefficient (Wildman–Crippen LogP) is -0.0918. The van der Waals surface area contributed by atoms with Crippen molar-refractivity contribution in [2.24, 2.45) is 11.8 Å². The van der Waals surface area contributed by atoms with Gasteiger partial charge < -0.3 is 15.5 Å². The van der Waals surface area contributed by atoms with E-state index in [1.807, 2.05) is 14.1 Å². The van der Waals surface area contributed by atoms with Crippen molar-refractivity contribution in [1.29, 1.82) is 0 Å². The second-order valence-corrected chi connectivity index (χ2v) is 4.80. The highest BCUT2D eigenvalue weighted by Crippen LogP contribution is 2.15. The van der Waals surface area contributed by atoms with E-state index in [1.165, 1.54) is 0 Å². The van der Waals surface area contributed by atoms with Gasteiger partial charge >= 0.3 is 0 Å². The summed E-state index contributed by atoms with van der Waals surface area (Å²) in [5, 5.41) is 6.26. The van der Waals surface area contributed by atoms with Crippen LogP contribution in [0.4, 0.5) is 0 Å². The number of carbonyl (C=O) groups is 1. The zero-order chi connectivity index (χ0) is 11.4. The highest BCUT2D eigenvalue weighted by molar-refractivity contribution is 5.79. The van der Waals surface area contributed by atoms with Crippen molar-refractivity contribution < 1.29 is 4.79 Å². The first-order chi connectivity index (χ1) is 7.02. The molecule has 0 saturated carbocycles. The lowest BCUT2D eigenvalue weighted by Gasteiger charge is -2.21. The first-order valence-electron chi connectivity index (χ1n) is 5.67. The third-order valence-electron chi connectivity index (χ3n) is 3.31. The van der Waals surface area contributed by atoms with Crippen LogP contribution in [-0.4, -0.2) is 50.6 Å². The maximum Gasteiger partial charge on any atom is 0.224 e. The monoisotopic (exact) mass is 213 g/mol. The van der Waals surface area contributed by atoms with Crippen molar-refractivity contribution in [3.05, 3.63) is 0 Å². The molecule has 2 N–H and O–H groups in total. The molecule has 0 spiro atoms. The van der Waals surface area contributed by atoms with Gasteiger partial charge in [0.05, 0.1) is 5.92 Å². The van der Waals surface area contributed by atoms with Crippen molar-refractivity contribution in [1.82, 2.24) is 15.5 Å². The van der Waals surface area contributed by atoms with Gasteiger partial charge in [-0.15, -0.1) is 0 Å². The van der Waals surface area contributed by atoms with Gasteiger partial charge in [-0.2, -0.15) is 0 Å². The minimum Gasteiger partial charge on any atom is -0.354 e. The summed E-state index contributed by atoms with van der Waals surface area (Å²) in [6.45, 7) is 6.75. The van der Waals surface area contributed by atoms with E-state index in [-0.39, 0.29) is 11.8 Å². The van der Waals surface area contributed by atoms with Gasteiger partial charge in [-0.05, 0) is 33.5 Å². The van der Waals surface area contributed by atoms with E-state index >= 15 is 0 Å². The summed E-state index contributed by atoms with van der Waals surface area (Å²) in [7, 11) is 4.05. The average Bonchev–Trinajstić information content (AvgIpc) is 2.60. The summed E-state index contributed by atoms with van der Waals surface area (Å²) in [4.78, 5) is 13.9. The van der Waals surface area contributed by atoms with Crippen LogP contribution in [0.5, 0.6) is 0 Å². The average molecular weight is 213 g/mol. The predicted molar refractivity (Wildman–Crippen MR) is 61.7 cm³/mol. The zero-order valence-corrected chi connectivity index (χ0v) is 10.2. The summed E-state index contributed by atoms with van der Waals surface area (Å²) < 4.78 is 0. The molecular formula is C11H23N3O. The molecule has 1 heterocycles. The Balaban J connectivity index is 2.29. The molecule has 0 aromatic heterocycles. The van der Waals surface area contributed by atoms with Crippen molar-refractivity contribution in [3.63, 3.8) is 0 Å². The van der Waals surface area contributed by atoms with Crippen molar-refractivity contribution in [3.8, 4) is 0 Å². The molecule has 4 nitrogen and oxygen atoms in total. The third kappa shape index (κ3) is 3.47. The number of amides is 1. The molecule has 88 valence electrons. The molecular weight excluding hydrogens is 190 g/mol. The van der Waals surface area contributed by atoms with E-state index < -0.39 is 0 Å². The van der Waals surface area contributed by atoms with E-state index in [4.69, 9.17) is 0 Å². The van der Waals surface area contributed by atoms with Crippen LogP contribution in [0.3, 0.4) is 0 Å². The summed E-state index contributed by atoms with van der Waals surface area (Å²) >= 11 is 0. The number of rotatable bonds is 4. The lowest BCUT2D eigenvalue weighted by Crippen LogP contribution is -2.42. The Morgan fingerprint density at radius 1 is 1.53 bits per heavy atom. The number of hydrogen-bond acceptors (Lipinski definition) is 3. The van der Waals surface area contributed by atoms with Crippen LogP contribution in [0.2, 0.25) is 0 Å². The van der Waals surface area contributed by atoms with Gasteiger partial charge in [0, 0.05) is 19.1 Å². The van der Waals surface area contributed by atoms with E-state index in [0.29, 0.717) is 12.0 Å². The normalized spacial score (nSPS) is 28.1. The Morgan fingerprint density at radius 2 is 2.20 bits per heavy atom. The molecule has 3 unspecified atom stereocenters. The van der Waals surface area contributed by atoms with Crippen molar-refractivity contribution in [2.75, 3.05) is 33.7 Å². The SMILES string of the molecule is CC1CNCC1C(=O)NCC(C)N(C)C. The highest BCUT2D eigenvalue weighted by Gasteiger charge is 2.29. The number of nitrogens with zero attached hydrogens (tertiary/aromatic N) is 1. The molecule has 0 aliphatic carbocycles. The first kappa shape index (κ1) is 12.5. The topological polar surface area (TPSA) is 44.4 Å². The zero-order valence-electron chi connectivity index (χ0n) is 10.2. The fourth-order valence-corrected chi connectivity index (χ4v) is 1.72. The molecule has 1 rings (SSSR count). The van der Waals surface area contributed by atoms with Crippen LogP contribution in [0.15, 0.2) is 0 Å². The van der Waals surface area contributed by atoms with Crippen LogP contribution < -0.4 is 10.6 Å². The van der Waals surface area contributed by atoms with Crippen LogP contribution >= 0.6 is 0 Å². The summed E-state index contributed by atoms with van der Waals surface area (Å²) in [5.41, 5.74) is 0. The maximum atomic E-state index is 11.8. The van der Waals surface area contributed by atoms with Crippen molar-refractivity contribution in [2.45, 2.75) is 19.9 Å². The Morgan fingerprint density at radius 3 is 2.67 bits per heavy atom. The van der Waals surface area contributed by atoms with E-state index in [9.17, 15) is 4.79 Å². The smallest absolute Gasteiger partial charge is 0.224 e. The summed E-state index contributed by atoms with van der Waals surface area (Å²) in [5.74, 6) is 0.806. The standard InChI is InChI=1S/C11H23N3O/c1-8-5-12-7-10(8)11(15)13-6-9(2)14(3)4/h8-10,12H,5-7H2,1-4H3,(H,13,15). The largest absolute Gasteiger partial charge is 0.354 e. The quantitative estimate of drug-likeness (QED) is 0.686. The summed E-state index contributed by atoms with van der Waals surface area (Å²) in [6.07, 6.45) is 0. The second kappa shape index (κ2) is 5.47. The van der Waals surface area contributed by atoms with Gasteiger partial charge in [0.2, 0.25) is 5.91 Å². The van der Waals surface area contributed by atoms with Crippen LogP contribution in [0, 0.1) is 11.8 Å². The van der Waals surface area contributed by atoms with E-state index in [2.05, 4.69) is 29.4 Å². The number of nitrogens with one attached hydrogen (secondary N) is 2. The fraction of sp³-hybridized carbons (Fsp3) is 0.909. The first-order valence-corrected chi connectivity index (χ1v) is 5.67. The van der Waals surface area contributed by atoms with Gasteiger partial charge in [-0.25, -0.2) is 0 Å². The molecule has 15 heavy (non-hydrogen) atoms. The molecule has 3 atom stereocenters. The Labute approximate surface area is 92.4 Å². The molecule has 0 aromatic carbocycles. The van der Waals surface area contributed by atoms with Gasteiger partial charge in [0.1, 0.15) is 0 Å². The van der Waals surface area contributed by atoms with Gasteiger partial charge in [0.25, 0.3) is 0 Å². The van der Waals surface area contributed by atoms with Crippen LogP contribution in [0.1, 0.15) is 13.8 Å². The molecule has 1 aliphatic rings. The molecule has 1 saturated heterocycles. The molecule has 1 fully saturated rings. The number of carbonyl (C=O) groups excluding carboxylic acids is 1. The van der Waals surface area contributed by atoms with Gasteiger partial charge in [-0.1, -0.05) is 6.92 Å². The molecule has 0 aromatic rings. The molecule has 0 radical (unpaired) electrons. The number of hydrogen-bond donors (Lipinski definition) is 2. The molecule has 1 aliphatic heterocycles. The highest BCUT2D eigenvalue weighted by atomic mass is 16.1. The van der Waals surface area contributed by atoms with Crippen LogP contribution in [-0.2, 0) is 4.79 Å². The fourth-order valence-electron chi connectivity index (χ4n) is 1.72. The van der Waals surface area contributed by atoms with Crippen molar-refractivity contribution >= 4 is 5.91 Å². The van der Waals surface area contributed by atoms with Gasteiger partial charge in [-0.3, -0.25) is 4.79 Å². The minimum absolute atomic E-state index is 0.152. The molecule has 4 heteroatoms. The summed E-state index contributed by atoms with van der Waals surface area (Å²) in [6, 6.07) is 0.388. The third-order valence-corrected chi connectivity index (χ3v) is 3.31. The Bertz CT molecular complexity index is 218. The van der Waals surface area contributed by atoms with Crippen LogP contribution in [0.25, 0.3) is 0 Å². The number of likely N-dealkylation sites (N-methyl/N-ethyl adjacent to an activating group) is 1. The molecule has 1 amide bonds. The maximum absolute atomic E-state index is 11.8. The Hall–Kier alpha value is -0.610. The second-order valence-electron chi connectivity index (χ2n) is 4.80. The molecule has 0 bridgehead atoms. The lowest BCUT2D eigenvalue weighted by atomic mass is 9.97. The van der Waals surface area contributed by atoms with E-state index in [1.54, 1.807) is 0 Å². The lowest BCUT2D eigenvalue weighted by molar-refractivity contribution is -0.125. The van der Waals surface area contributed by atoms with E-state index in [0.717, 1.165) is 19.6 Å². The minimum atomic E-state index is 0.152.